The second-order valence-electron chi connectivity index (χ2n) is 18.3. The zero-order valence-electron chi connectivity index (χ0n) is 41.7. The summed E-state index contributed by atoms with van der Waals surface area (Å²) >= 11 is 0. The zero-order valence-corrected chi connectivity index (χ0v) is 41.7. The Labute approximate surface area is 416 Å². The summed E-state index contributed by atoms with van der Waals surface area (Å²) in [5, 5.41) is 3.03. The number of allylic oxidation sites excluding steroid dienone is 3. The van der Waals surface area contributed by atoms with Crippen molar-refractivity contribution in [2.45, 2.75) is 81.5 Å². The number of benzene rings is 5. The van der Waals surface area contributed by atoms with E-state index in [1.54, 1.807) is 83.1 Å². The lowest BCUT2D eigenvalue weighted by molar-refractivity contribution is -0.138. The topological polar surface area (TPSA) is 119 Å². The van der Waals surface area contributed by atoms with Crippen LogP contribution in [-0.4, -0.2) is 48.2 Å². The summed E-state index contributed by atoms with van der Waals surface area (Å²) in [6.45, 7) is 15.7. The highest BCUT2D eigenvalue weighted by Gasteiger charge is 2.35. The van der Waals surface area contributed by atoms with Gasteiger partial charge in [0.05, 0.1) is 36.5 Å². The Morgan fingerprint density at radius 1 is 0.658 bits per heavy atom. The highest BCUT2D eigenvalue weighted by Crippen LogP contribution is 2.48. The van der Waals surface area contributed by atoms with Gasteiger partial charge in [-0.05, 0) is 190 Å². The molecule has 1 radical (unpaired) electrons. The Balaban J connectivity index is 1.05. The number of halogens is 5. The van der Waals surface area contributed by atoms with Gasteiger partial charge in [-0.3, -0.25) is 14.2 Å². The van der Waals surface area contributed by atoms with Crippen LogP contribution in [0.4, 0.5) is 21.8 Å². The summed E-state index contributed by atoms with van der Waals surface area (Å²) in [6, 6.07) is 20.6. The van der Waals surface area contributed by atoms with Crippen molar-refractivity contribution in [3.8, 4) is 16.9 Å². The molecule has 0 spiro atoms. The van der Waals surface area contributed by atoms with Crippen molar-refractivity contribution in [1.82, 2.24) is 9.05 Å². The summed E-state index contributed by atoms with van der Waals surface area (Å²) in [4.78, 5) is 55.1. The largest absolute Gasteiger partial charge is 0.494 e. The van der Waals surface area contributed by atoms with E-state index in [-0.39, 0.29) is 55.3 Å². The first kappa shape index (κ1) is 50.2. The van der Waals surface area contributed by atoms with E-state index in [0.717, 1.165) is 16.6 Å². The zero-order chi connectivity index (χ0) is 52.5. The lowest BCUT2D eigenvalue weighted by atomic mass is 9.84. The van der Waals surface area contributed by atoms with Gasteiger partial charge in [0, 0.05) is 44.7 Å². The normalized spacial score (nSPS) is 14.0. The molecular weight excluding hydrogens is 946 g/mol. The Kier molecular flexibility index (Phi) is 13.1. The fourth-order valence-electron chi connectivity index (χ4n) is 10.7. The second-order valence-corrected chi connectivity index (χ2v) is 18.3. The Morgan fingerprint density at radius 3 is 1.86 bits per heavy atom. The van der Waals surface area contributed by atoms with Crippen LogP contribution in [0.25, 0.3) is 60.2 Å². The molecule has 0 fully saturated rings. The summed E-state index contributed by atoms with van der Waals surface area (Å²) in [7, 11) is -3.05. The van der Waals surface area contributed by atoms with Gasteiger partial charge >= 0.3 is 25.5 Å². The van der Waals surface area contributed by atoms with Crippen molar-refractivity contribution < 1.29 is 50.0 Å². The molecule has 0 amide bonds. The van der Waals surface area contributed by atoms with Gasteiger partial charge in [0.25, 0.3) is 11.1 Å². The van der Waals surface area contributed by atoms with Gasteiger partial charge in [-0.2, -0.15) is 13.2 Å². The number of esters is 2. The van der Waals surface area contributed by atoms with Crippen LogP contribution in [-0.2, 0) is 27.0 Å². The van der Waals surface area contributed by atoms with Gasteiger partial charge in [0.1, 0.15) is 16.9 Å². The molecule has 0 aliphatic heterocycles. The van der Waals surface area contributed by atoms with Gasteiger partial charge in [-0.1, -0.05) is 24.3 Å². The van der Waals surface area contributed by atoms with Gasteiger partial charge < -0.3 is 31.7 Å². The summed E-state index contributed by atoms with van der Waals surface area (Å²) in [5.74, 6) is -0.821. The molecule has 5 aromatic carbocycles. The lowest BCUT2D eigenvalue weighted by Crippen LogP contribution is -2.33. The molecular formula is C57H50BF5N2O8-. The average Bonchev–Trinajstić information content (AvgIpc) is 3.73. The van der Waals surface area contributed by atoms with Gasteiger partial charge in [-0.25, -0.2) is 9.59 Å². The summed E-state index contributed by atoms with van der Waals surface area (Å²) in [5.41, 5.74) is 5.95. The molecule has 8 aromatic rings. The summed E-state index contributed by atoms with van der Waals surface area (Å²) < 4.78 is 96.1. The number of ether oxygens (including phenoxy) is 3. The molecule has 375 valence electrons. The van der Waals surface area contributed by atoms with Crippen LogP contribution in [0.2, 0.25) is 0 Å². The average molecular weight is 997 g/mol. The van der Waals surface area contributed by atoms with Crippen LogP contribution < -0.4 is 15.9 Å². The molecule has 9 rings (SSSR count). The maximum Gasteiger partial charge on any atom is 0.416 e. The van der Waals surface area contributed by atoms with Crippen LogP contribution in [0.15, 0.2) is 121 Å². The Bertz CT molecular complexity index is 3780. The van der Waals surface area contributed by atoms with Crippen LogP contribution >= 0.6 is 0 Å². The fraction of sp³-hybridized carbons (Fsp3) is 0.263. The number of carbonyl (C=O) groups is 2. The first-order valence-electron chi connectivity index (χ1n) is 23.9. The van der Waals surface area contributed by atoms with Crippen molar-refractivity contribution >= 4 is 68.4 Å². The van der Waals surface area contributed by atoms with E-state index >= 15 is 8.63 Å². The first-order valence-corrected chi connectivity index (χ1v) is 23.9. The highest BCUT2D eigenvalue weighted by atomic mass is 19.4. The number of carbonyl (C=O) groups excluding carboxylic acids is 2. The van der Waals surface area contributed by atoms with Crippen molar-refractivity contribution in [2.24, 2.45) is 0 Å². The van der Waals surface area contributed by atoms with Crippen molar-refractivity contribution in [2.75, 3.05) is 19.8 Å². The third-order valence-electron chi connectivity index (χ3n) is 14.1. The SMILES string of the molecule is CCOC(=O)C1=C(C)/C(=C(\c2c(C)cc(OCCCn3c(=O)c4ccc5oc6ccc(-c7ccc(C(F)(F)F)cc7)cc6c6ccc(c3=O)c4c56)cc2C)c2c(C)c(C(=O)OCC)c(C)n2[B-](F)F)C(C)=C1C. The number of aryl methyl sites for hydroxylation is 2. The minimum Gasteiger partial charge on any atom is -0.494 e. The van der Waals surface area contributed by atoms with E-state index in [2.05, 4.69) is 0 Å². The van der Waals surface area contributed by atoms with Crippen LogP contribution in [0.1, 0.15) is 90.6 Å². The molecule has 0 unspecified atom stereocenters. The molecule has 3 aromatic heterocycles. The smallest absolute Gasteiger partial charge is 0.416 e. The number of fused-ring (bicyclic) bond motifs is 2. The highest BCUT2D eigenvalue weighted by molar-refractivity contribution is 6.42. The summed E-state index contributed by atoms with van der Waals surface area (Å²) in [6.07, 6.45) is -4.22. The van der Waals surface area contributed by atoms with Gasteiger partial charge in [0.2, 0.25) is 0 Å². The van der Waals surface area contributed by atoms with Gasteiger partial charge in [-0.15, -0.1) is 0 Å². The third-order valence-corrected chi connectivity index (χ3v) is 14.1. The minimum atomic E-state index is -4.47. The molecule has 0 N–H and O–H groups in total. The van der Waals surface area contributed by atoms with Crippen molar-refractivity contribution in [3.63, 3.8) is 0 Å². The lowest BCUT2D eigenvalue weighted by Gasteiger charge is -2.27. The van der Waals surface area contributed by atoms with E-state index in [1.165, 1.54) is 23.6 Å². The van der Waals surface area contributed by atoms with Crippen molar-refractivity contribution in [1.29, 1.82) is 0 Å². The number of hydrogen-bond acceptors (Lipinski definition) is 8. The molecule has 0 saturated heterocycles. The number of rotatable bonds is 13. The Hall–Kier alpha value is -7.75. The maximum absolute atomic E-state index is 15.4. The third kappa shape index (κ3) is 8.39. The molecule has 16 heteroatoms. The number of aromatic nitrogens is 2. The van der Waals surface area contributed by atoms with Gasteiger partial charge in [0.15, 0.2) is 0 Å². The van der Waals surface area contributed by atoms with Crippen LogP contribution in [0.5, 0.6) is 5.75 Å². The van der Waals surface area contributed by atoms with E-state index < -0.39 is 42.2 Å². The minimum absolute atomic E-state index is 0.0234. The van der Waals surface area contributed by atoms with E-state index in [0.29, 0.717) is 110 Å². The second kappa shape index (κ2) is 19.0. The Morgan fingerprint density at radius 2 is 1.25 bits per heavy atom. The predicted molar refractivity (Wildman–Crippen MR) is 274 cm³/mol. The number of pyridine rings is 1. The van der Waals surface area contributed by atoms with Crippen LogP contribution in [0.3, 0.4) is 0 Å². The standard InChI is InChI=1S/C57H50BF5N2O8/c1-10-70-55(68)47-31(6)30(5)46(32(47)7)51(52-33(8)48(56(69)71-11-2)34(9)65(52)58(62)63)45-28(3)25-38(26-29(45)4)72-24-12-23-64-53(66)40-19-18-39-42-27-36(35-13-16-37(17-14-35)57(59,60)61)15-21-43(42)73-44-22-20-41(54(64)67)49(40)50(39)44/h13-22,25-27H,10-12,23-24H2,1-9H3/q-1/b51-46+. The molecule has 1 aliphatic rings. The molecule has 0 saturated carbocycles. The van der Waals surface area contributed by atoms with E-state index in [4.69, 9.17) is 18.6 Å². The first-order chi connectivity index (χ1) is 34.7. The fourth-order valence-corrected chi connectivity index (χ4v) is 10.7. The molecule has 0 atom stereocenters. The molecule has 0 bridgehead atoms. The van der Waals surface area contributed by atoms with Crippen LogP contribution in [0, 0.1) is 27.7 Å². The van der Waals surface area contributed by atoms with E-state index in [9.17, 15) is 32.3 Å². The number of alkyl halides is 3. The van der Waals surface area contributed by atoms with E-state index in [1.807, 2.05) is 26.8 Å². The number of hydrogen-bond donors (Lipinski definition) is 0. The molecule has 73 heavy (non-hydrogen) atoms. The molecule has 10 nitrogen and oxygen atoms in total. The maximum atomic E-state index is 15.4. The molecule has 3 heterocycles. The molecule has 1 aliphatic carbocycles. The monoisotopic (exact) mass is 996 g/mol. The predicted octanol–water partition coefficient (Wildman–Crippen LogP) is 13.0. The van der Waals surface area contributed by atoms with Crippen molar-refractivity contribution in [3.05, 3.63) is 172 Å². The quantitative estimate of drug-likeness (QED) is 0.0280. The number of nitrogens with zero attached hydrogens (tertiary/aromatic N) is 2.